The summed E-state index contributed by atoms with van der Waals surface area (Å²) in [6.45, 7) is 2.63. The quantitative estimate of drug-likeness (QED) is 0.686. The number of ether oxygens (including phenoxy) is 2. The molecule has 2 nitrogen and oxygen atoms in total. The molecule has 2 aromatic carbocycles. The Labute approximate surface area is 123 Å². The summed E-state index contributed by atoms with van der Waals surface area (Å²) in [7, 11) is 0. The predicted molar refractivity (Wildman–Crippen MR) is 78.3 cm³/mol. The van der Waals surface area contributed by atoms with Gasteiger partial charge in [0.2, 0.25) is 0 Å². The van der Waals surface area contributed by atoms with Gasteiger partial charge in [0.05, 0.1) is 12.5 Å². The van der Waals surface area contributed by atoms with Crippen LogP contribution in [0.5, 0.6) is 17.2 Å². The second-order valence-electron chi connectivity index (χ2n) is 4.25. The number of para-hydroxylation sites is 2. The molecule has 0 bridgehead atoms. The molecule has 0 amide bonds. The van der Waals surface area contributed by atoms with E-state index >= 15 is 0 Å². The van der Waals surface area contributed by atoms with Crippen molar-refractivity contribution >= 4 is 11.6 Å². The number of hydrogen-bond acceptors (Lipinski definition) is 2. The molecule has 2 aromatic rings. The topological polar surface area (TPSA) is 18.5 Å². The van der Waals surface area contributed by atoms with Gasteiger partial charge in [0, 0.05) is 5.56 Å². The maximum absolute atomic E-state index is 13.7. The average Bonchev–Trinajstić information content (AvgIpc) is 2.47. The van der Waals surface area contributed by atoms with Crippen LogP contribution in [0.25, 0.3) is 0 Å². The minimum Gasteiger partial charge on any atom is -0.490 e. The first-order chi connectivity index (χ1) is 9.76. The van der Waals surface area contributed by atoms with Crippen molar-refractivity contribution in [3.8, 4) is 17.2 Å². The van der Waals surface area contributed by atoms with Gasteiger partial charge in [0.25, 0.3) is 0 Å². The van der Waals surface area contributed by atoms with Gasteiger partial charge >= 0.3 is 0 Å². The molecule has 0 unspecified atom stereocenters. The largest absolute Gasteiger partial charge is 0.490 e. The van der Waals surface area contributed by atoms with E-state index in [2.05, 4.69) is 0 Å². The third-order valence-electron chi connectivity index (χ3n) is 2.74. The van der Waals surface area contributed by atoms with E-state index in [0.717, 1.165) is 6.42 Å². The molecule has 0 fully saturated rings. The van der Waals surface area contributed by atoms with Gasteiger partial charge in [-0.1, -0.05) is 25.1 Å². The lowest BCUT2D eigenvalue weighted by atomic mass is 10.2. The normalized spacial score (nSPS) is 10.3. The molecule has 0 radical (unpaired) electrons. The Balaban J connectivity index is 2.28. The van der Waals surface area contributed by atoms with Crippen molar-refractivity contribution in [3.05, 3.63) is 53.8 Å². The molecule has 0 aliphatic heterocycles. The fourth-order valence-corrected chi connectivity index (χ4v) is 2.01. The standard InChI is InChI=1S/C16H16ClFO2/c1-2-10-19-15-7-3-4-8-16(15)20-14-9-5-6-13(18)12(14)11-17/h3-9H,2,10-11H2,1H3. The zero-order chi connectivity index (χ0) is 14.4. The molecule has 0 atom stereocenters. The zero-order valence-electron chi connectivity index (χ0n) is 11.2. The van der Waals surface area contributed by atoms with Gasteiger partial charge in [-0.25, -0.2) is 4.39 Å². The van der Waals surface area contributed by atoms with E-state index in [0.29, 0.717) is 29.4 Å². The summed E-state index contributed by atoms with van der Waals surface area (Å²) in [6.07, 6.45) is 0.904. The highest BCUT2D eigenvalue weighted by Crippen LogP contribution is 2.34. The Bertz CT molecular complexity index is 572. The monoisotopic (exact) mass is 294 g/mol. The van der Waals surface area contributed by atoms with Crippen LogP contribution >= 0.6 is 11.6 Å². The molecule has 0 saturated heterocycles. The molecule has 20 heavy (non-hydrogen) atoms. The molecule has 106 valence electrons. The van der Waals surface area contributed by atoms with Gasteiger partial charge in [-0.2, -0.15) is 0 Å². The summed E-state index contributed by atoms with van der Waals surface area (Å²) in [5.74, 6) is 1.29. The molecule has 2 rings (SSSR count). The maximum Gasteiger partial charge on any atom is 0.169 e. The Kier molecular flexibility index (Phi) is 5.24. The second kappa shape index (κ2) is 7.15. The van der Waals surface area contributed by atoms with Crippen molar-refractivity contribution in [3.63, 3.8) is 0 Å². The van der Waals surface area contributed by atoms with Crippen LogP contribution in [0.2, 0.25) is 0 Å². The molecule has 0 saturated carbocycles. The van der Waals surface area contributed by atoms with E-state index in [9.17, 15) is 4.39 Å². The Morgan fingerprint density at radius 1 is 1.00 bits per heavy atom. The maximum atomic E-state index is 13.7. The molecule has 0 aliphatic rings. The summed E-state index contributed by atoms with van der Waals surface area (Å²) in [5.41, 5.74) is 0.347. The van der Waals surface area contributed by atoms with E-state index in [4.69, 9.17) is 21.1 Å². The van der Waals surface area contributed by atoms with Gasteiger partial charge in [-0.05, 0) is 30.7 Å². The highest BCUT2D eigenvalue weighted by atomic mass is 35.5. The molecular weight excluding hydrogens is 279 g/mol. The van der Waals surface area contributed by atoms with E-state index < -0.39 is 0 Å². The number of hydrogen-bond donors (Lipinski definition) is 0. The highest BCUT2D eigenvalue weighted by Gasteiger charge is 2.11. The minimum absolute atomic E-state index is 0.0555. The number of rotatable bonds is 6. The van der Waals surface area contributed by atoms with Crippen LogP contribution in [0.1, 0.15) is 18.9 Å². The molecule has 0 aromatic heterocycles. The van der Waals surface area contributed by atoms with Crippen LogP contribution in [-0.2, 0) is 5.88 Å². The van der Waals surface area contributed by atoms with Crippen molar-refractivity contribution in [2.24, 2.45) is 0 Å². The lowest BCUT2D eigenvalue weighted by molar-refractivity contribution is 0.301. The van der Waals surface area contributed by atoms with Crippen LogP contribution in [0.3, 0.4) is 0 Å². The van der Waals surface area contributed by atoms with Crippen LogP contribution in [0, 0.1) is 5.82 Å². The first kappa shape index (κ1) is 14.7. The van der Waals surface area contributed by atoms with Gasteiger partial charge in [-0.15, -0.1) is 11.6 Å². The fraction of sp³-hybridized carbons (Fsp3) is 0.250. The second-order valence-corrected chi connectivity index (χ2v) is 4.51. The van der Waals surface area contributed by atoms with Crippen molar-refractivity contribution in [2.75, 3.05) is 6.61 Å². The van der Waals surface area contributed by atoms with Crippen LogP contribution in [0.4, 0.5) is 4.39 Å². The van der Waals surface area contributed by atoms with Crippen molar-refractivity contribution < 1.29 is 13.9 Å². The van der Waals surface area contributed by atoms with Crippen LogP contribution < -0.4 is 9.47 Å². The lowest BCUT2D eigenvalue weighted by Crippen LogP contribution is -1.98. The highest BCUT2D eigenvalue weighted by molar-refractivity contribution is 6.17. The van der Waals surface area contributed by atoms with E-state index in [1.165, 1.54) is 6.07 Å². The van der Waals surface area contributed by atoms with Crippen molar-refractivity contribution in [1.82, 2.24) is 0 Å². The Morgan fingerprint density at radius 3 is 2.40 bits per heavy atom. The van der Waals surface area contributed by atoms with Gasteiger partial charge in [0.1, 0.15) is 11.6 Å². The lowest BCUT2D eigenvalue weighted by Gasteiger charge is -2.14. The van der Waals surface area contributed by atoms with Gasteiger partial charge in [0.15, 0.2) is 11.5 Å². The average molecular weight is 295 g/mol. The third kappa shape index (κ3) is 3.42. The molecule has 0 spiro atoms. The summed E-state index contributed by atoms with van der Waals surface area (Å²) in [6, 6.07) is 12.0. The molecule has 4 heteroatoms. The molecule has 0 aliphatic carbocycles. The minimum atomic E-state index is -0.371. The van der Waals surface area contributed by atoms with Crippen LogP contribution in [0.15, 0.2) is 42.5 Å². The van der Waals surface area contributed by atoms with Gasteiger partial charge in [-0.3, -0.25) is 0 Å². The molecule has 0 heterocycles. The van der Waals surface area contributed by atoms with E-state index in [1.54, 1.807) is 18.2 Å². The third-order valence-corrected chi connectivity index (χ3v) is 3.01. The summed E-state index contributed by atoms with van der Waals surface area (Å²) < 4.78 is 25.0. The number of halogens is 2. The van der Waals surface area contributed by atoms with Crippen LogP contribution in [-0.4, -0.2) is 6.61 Å². The molecule has 0 N–H and O–H groups in total. The predicted octanol–water partition coefficient (Wildman–Crippen LogP) is 5.15. The van der Waals surface area contributed by atoms with Crippen molar-refractivity contribution in [2.45, 2.75) is 19.2 Å². The summed E-state index contributed by atoms with van der Waals surface area (Å²) in [4.78, 5) is 0. The number of alkyl halides is 1. The number of benzene rings is 2. The molecular formula is C16H16ClFO2. The SMILES string of the molecule is CCCOc1ccccc1Oc1cccc(F)c1CCl. The first-order valence-corrected chi connectivity index (χ1v) is 7.02. The smallest absolute Gasteiger partial charge is 0.169 e. The first-order valence-electron chi connectivity index (χ1n) is 6.49. The van der Waals surface area contributed by atoms with E-state index in [1.807, 2.05) is 25.1 Å². The Hall–Kier alpha value is -1.74. The van der Waals surface area contributed by atoms with Gasteiger partial charge < -0.3 is 9.47 Å². The summed E-state index contributed by atoms with van der Waals surface area (Å²) >= 11 is 5.78. The summed E-state index contributed by atoms with van der Waals surface area (Å²) in [5, 5.41) is 0. The van der Waals surface area contributed by atoms with Crippen molar-refractivity contribution in [1.29, 1.82) is 0 Å². The van der Waals surface area contributed by atoms with E-state index in [-0.39, 0.29) is 11.7 Å². The Morgan fingerprint density at radius 2 is 1.70 bits per heavy atom. The fourth-order valence-electron chi connectivity index (χ4n) is 1.75. The zero-order valence-corrected chi connectivity index (χ0v) is 12.0.